The van der Waals surface area contributed by atoms with Gasteiger partial charge in [0.05, 0.1) is 40.4 Å². The molecule has 158 valence electrons. The number of hydrogen-bond acceptors (Lipinski definition) is 7. The third-order valence-corrected chi connectivity index (χ3v) is 5.24. The van der Waals surface area contributed by atoms with E-state index in [9.17, 15) is 25.0 Å². The lowest BCUT2D eigenvalue weighted by Crippen LogP contribution is -2.38. The highest BCUT2D eigenvalue weighted by molar-refractivity contribution is 6.00. The standard InChI is InChI=1S/C20H22N4O6/c1-14(15-4-3-5-16(12-15)23(26)27)21(2)20(25)18-13-17(24(28)29)6-7-19(18)22-8-10-30-11-9-22/h3-7,12-14H,8-11H2,1-2H3. The van der Waals surface area contributed by atoms with Gasteiger partial charge in [-0.2, -0.15) is 0 Å². The van der Waals surface area contributed by atoms with Crippen molar-refractivity contribution in [3.63, 3.8) is 0 Å². The number of amides is 1. The molecule has 1 amide bonds. The second kappa shape index (κ2) is 8.87. The molecule has 10 nitrogen and oxygen atoms in total. The number of hydrogen-bond donors (Lipinski definition) is 0. The van der Waals surface area contributed by atoms with Crippen LogP contribution in [0.15, 0.2) is 42.5 Å². The van der Waals surface area contributed by atoms with Gasteiger partial charge in [0.2, 0.25) is 0 Å². The molecule has 30 heavy (non-hydrogen) atoms. The van der Waals surface area contributed by atoms with Crippen molar-refractivity contribution in [2.24, 2.45) is 0 Å². The van der Waals surface area contributed by atoms with Crippen LogP contribution in [0.5, 0.6) is 0 Å². The summed E-state index contributed by atoms with van der Waals surface area (Å²) in [5, 5.41) is 22.3. The van der Waals surface area contributed by atoms with E-state index in [1.165, 1.54) is 29.2 Å². The first kappa shape index (κ1) is 21.2. The van der Waals surface area contributed by atoms with Crippen molar-refractivity contribution in [1.29, 1.82) is 0 Å². The van der Waals surface area contributed by atoms with E-state index in [1.807, 2.05) is 4.90 Å². The molecule has 0 aromatic heterocycles. The quantitative estimate of drug-likeness (QED) is 0.526. The lowest BCUT2D eigenvalue weighted by molar-refractivity contribution is -0.385. The fourth-order valence-corrected chi connectivity index (χ4v) is 3.38. The second-order valence-electron chi connectivity index (χ2n) is 7.00. The number of carbonyl (C=O) groups is 1. The average molecular weight is 414 g/mol. The minimum absolute atomic E-state index is 0.0652. The van der Waals surface area contributed by atoms with Crippen LogP contribution in [0.25, 0.3) is 0 Å². The van der Waals surface area contributed by atoms with Gasteiger partial charge in [-0.15, -0.1) is 0 Å². The molecular weight excluding hydrogens is 392 g/mol. The van der Waals surface area contributed by atoms with E-state index in [4.69, 9.17) is 4.74 Å². The summed E-state index contributed by atoms with van der Waals surface area (Å²) >= 11 is 0. The Balaban J connectivity index is 1.95. The van der Waals surface area contributed by atoms with E-state index >= 15 is 0 Å². The topological polar surface area (TPSA) is 119 Å². The zero-order chi connectivity index (χ0) is 21.8. The molecule has 1 saturated heterocycles. The lowest BCUT2D eigenvalue weighted by atomic mass is 10.0. The van der Waals surface area contributed by atoms with Crippen LogP contribution in [0.1, 0.15) is 28.9 Å². The maximum absolute atomic E-state index is 13.3. The molecule has 2 aromatic carbocycles. The number of nitrogens with zero attached hydrogens (tertiary/aromatic N) is 4. The predicted octanol–water partition coefficient (Wildman–Crippen LogP) is 3.17. The van der Waals surface area contributed by atoms with Crippen molar-refractivity contribution in [1.82, 2.24) is 4.90 Å². The average Bonchev–Trinajstić information content (AvgIpc) is 2.77. The van der Waals surface area contributed by atoms with E-state index in [0.29, 0.717) is 37.6 Å². The molecule has 0 aliphatic carbocycles. The van der Waals surface area contributed by atoms with Crippen LogP contribution in [-0.4, -0.2) is 54.0 Å². The summed E-state index contributed by atoms with van der Waals surface area (Å²) in [4.78, 5) is 38.0. The van der Waals surface area contributed by atoms with E-state index in [-0.39, 0.29) is 16.9 Å². The summed E-state index contributed by atoms with van der Waals surface area (Å²) in [6.07, 6.45) is 0. The van der Waals surface area contributed by atoms with Gasteiger partial charge in [-0.1, -0.05) is 12.1 Å². The summed E-state index contributed by atoms with van der Waals surface area (Å²) in [7, 11) is 1.58. The molecule has 3 rings (SSSR count). The molecule has 0 bridgehead atoms. The summed E-state index contributed by atoms with van der Waals surface area (Å²) in [5.41, 5.74) is 1.17. The summed E-state index contributed by atoms with van der Waals surface area (Å²) in [5.74, 6) is -0.404. The van der Waals surface area contributed by atoms with Crippen molar-refractivity contribution in [3.8, 4) is 0 Å². The van der Waals surface area contributed by atoms with Gasteiger partial charge in [0.1, 0.15) is 0 Å². The highest BCUT2D eigenvalue weighted by atomic mass is 16.6. The van der Waals surface area contributed by atoms with Crippen LogP contribution in [0, 0.1) is 20.2 Å². The first-order valence-corrected chi connectivity index (χ1v) is 9.42. The third-order valence-electron chi connectivity index (χ3n) is 5.24. The SMILES string of the molecule is CC(c1cccc([N+](=O)[O-])c1)N(C)C(=O)c1cc([N+](=O)[O-])ccc1N1CCOCC1. The van der Waals surface area contributed by atoms with Gasteiger partial charge in [0, 0.05) is 44.4 Å². The minimum Gasteiger partial charge on any atom is -0.378 e. The van der Waals surface area contributed by atoms with Gasteiger partial charge in [-0.3, -0.25) is 25.0 Å². The maximum atomic E-state index is 13.3. The van der Waals surface area contributed by atoms with Crippen molar-refractivity contribution in [2.45, 2.75) is 13.0 Å². The lowest BCUT2D eigenvalue weighted by Gasteiger charge is -2.32. The fourth-order valence-electron chi connectivity index (χ4n) is 3.38. The normalized spacial score (nSPS) is 14.8. The molecule has 1 aliphatic rings. The highest BCUT2D eigenvalue weighted by Gasteiger charge is 2.27. The second-order valence-corrected chi connectivity index (χ2v) is 7.00. The Morgan fingerprint density at radius 1 is 1.07 bits per heavy atom. The molecule has 1 aliphatic heterocycles. The summed E-state index contributed by atoms with van der Waals surface area (Å²) in [6, 6.07) is 9.85. The van der Waals surface area contributed by atoms with Gasteiger partial charge in [-0.05, 0) is 18.6 Å². The Hall–Kier alpha value is -3.53. The van der Waals surface area contributed by atoms with Crippen LogP contribution in [0.4, 0.5) is 17.1 Å². The molecule has 10 heteroatoms. The minimum atomic E-state index is -0.538. The summed E-state index contributed by atoms with van der Waals surface area (Å²) < 4.78 is 5.36. The molecule has 0 N–H and O–H groups in total. The Morgan fingerprint density at radius 2 is 1.70 bits per heavy atom. The first-order valence-electron chi connectivity index (χ1n) is 9.42. The number of morpholine rings is 1. The Bertz CT molecular complexity index is 974. The van der Waals surface area contributed by atoms with E-state index in [2.05, 4.69) is 0 Å². The fraction of sp³-hybridized carbons (Fsp3) is 0.350. The van der Waals surface area contributed by atoms with Crippen LogP contribution >= 0.6 is 0 Å². The molecule has 1 atom stereocenters. The van der Waals surface area contributed by atoms with Gasteiger partial charge >= 0.3 is 0 Å². The number of anilines is 1. The van der Waals surface area contributed by atoms with Crippen molar-refractivity contribution < 1.29 is 19.4 Å². The Morgan fingerprint density at radius 3 is 2.33 bits per heavy atom. The van der Waals surface area contributed by atoms with Gasteiger partial charge < -0.3 is 14.5 Å². The molecule has 0 saturated carbocycles. The summed E-state index contributed by atoms with van der Waals surface area (Å²) in [6.45, 7) is 3.91. The molecule has 0 radical (unpaired) electrons. The number of benzene rings is 2. The molecular formula is C20H22N4O6. The van der Waals surface area contributed by atoms with Crippen molar-refractivity contribution >= 4 is 23.0 Å². The third kappa shape index (κ3) is 4.38. The number of nitro benzene ring substituents is 2. The van der Waals surface area contributed by atoms with Crippen molar-refractivity contribution in [2.75, 3.05) is 38.3 Å². The van der Waals surface area contributed by atoms with Crippen LogP contribution in [0.2, 0.25) is 0 Å². The number of ether oxygens (including phenoxy) is 1. The van der Waals surface area contributed by atoms with Gasteiger partial charge in [-0.25, -0.2) is 0 Å². The zero-order valence-electron chi connectivity index (χ0n) is 16.7. The number of rotatable bonds is 6. The van der Waals surface area contributed by atoms with Gasteiger partial charge in [0.25, 0.3) is 17.3 Å². The van der Waals surface area contributed by atoms with Crippen LogP contribution < -0.4 is 4.90 Å². The Kier molecular flexibility index (Phi) is 6.26. The van der Waals surface area contributed by atoms with Crippen LogP contribution in [0.3, 0.4) is 0 Å². The smallest absolute Gasteiger partial charge is 0.270 e. The molecule has 1 fully saturated rings. The van der Waals surface area contributed by atoms with Crippen LogP contribution in [-0.2, 0) is 4.74 Å². The van der Waals surface area contributed by atoms with E-state index in [0.717, 1.165) is 0 Å². The van der Waals surface area contributed by atoms with E-state index < -0.39 is 21.8 Å². The van der Waals surface area contributed by atoms with Crippen molar-refractivity contribution in [3.05, 3.63) is 73.8 Å². The first-order chi connectivity index (χ1) is 14.3. The Labute approximate surface area is 173 Å². The largest absolute Gasteiger partial charge is 0.378 e. The predicted molar refractivity (Wildman–Crippen MR) is 110 cm³/mol. The number of non-ortho nitro benzene ring substituents is 2. The molecule has 0 spiro atoms. The zero-order valence-corrected chi connectivity index (χ0v) is 16.7. The molecule has 2 aromatic rings. The molecule has 1 heterocycles. The monoisotopic (exact) mass is 414 g/mol. The highest BCUT2D eigenvalue weighted by Crippen LogP contribution is 2.30. The maximum Gasteiger partial charge on any atom is 0.270 e. The van der Waals surface area contributed by atoms with Gasteiger partial charge in [0.15, 0.2) is 0 Å². The molecule has 1 unspecified atom stereocenters. The number of carbonyl (C=O) groups excluding carboxylic acids is 1. The number of nitro groups is 2. The van der Waals surface area contributed by atoms with E-state index in [1.54, 1.807) is 32.2 Å².